The summed E-state index contributed by atoms with van der Waals surface area (Å²) < 4.78 is 0. The van der Waals surface area contributed by atoms with E-state index in [0.717, 1.165) is 5.69 Å². The van der Waals surface area contributed by atoms with Crippen LogP contribution in [0.1, 0.15) is 31.3 Å². The molecule has 1 heterocycles. The van der Waals surface area contributed by atoms with E-state index in [1.54, 1.807) is 0 Å². The van der Waals surface area contributed by atoms with Crippen LogP contribution >= 0.6 is 0 Å². The molecule has 4 nitrogen and oxygen atoms in total. The molecule has 0 unspecified atom stereocenters. The topological polar surface area (TPSA) is 71.8 Å². The van der Waals surface area contributed by atoms with Crippen molar-refractivity contribution in [1.82, 2.24) is 9.97 Å². The first-order valence-corrected chi connectivity index (χ1v) is 4.43. The van der Waals surface area contributed by atoms with Gasteiger partial charge >= 0.3 is 0 Å². The second-order valence-corrected chi connectivity index (χ2v) is 3.31. The number of hydrogen-bond acceptors (Lipinski definition) is 3. The third kappa shape index (κ3) is 2.66. The Morgan fingerprint density at radius 2 is 2.31 bits per heavy atom. The van der Waals surface area contributed by atoms with Gasteiger partial charge in [-0.05, 0) is 12.5 Å². The second kappa shape index (κ2) is 4.18. The van der Waals surface area contributed by atoms with Gasteiger partial charge in [-0.2, -0.15) is 0 Å². The monoisotopic (exact) mass is 181 g/mol. The minimum Gasteiger partial charge on any atom is -0.330 e. The molecule has 1 aromatic rings. The summed E-state index contributed by atoms with van der Waals surface area (Å²) in [6.45, 7) is 4.52. The van der Waals surface area contributed by atoms with Gasteiger partial charge < -0.3 is 10.7 Å². The van der Waals surface area contributed by atoms with Crippen molar-refractivity contribution in [2.45, 2.75) is 26.2 Å². The van der Waals surface area contributed by atoms with E-state index < -0.39 is 0 Å². The summed E-state index contributed by atoms with van der Waals surface area (Å²) in [6.07, 6.45) is 0.621. The molecular weight excluding hydrogens is 166 g/mol. The van der Waals surface area contributed by atoms with E-state index in [9.17, 15) is 4.79 Å². The number of aromatic amines is 1. The maximum atomic E-state index is 11.2. The largest absolute Gasteiger partial charge is 0.330 e. The number of nitrogens with two attached hydrogens (primary N) is 1. The van der Waals surface area contributed by atoms with Crippen molar-refractivity contribution in [2.75, 3.05) is 6.54 Å². The molecule has 0 amide bonds. The van der Waals surface area contributed by atoms with Crippen LogP contribution in [0, 0.1) is 0 Å². The van der Waals surface area contributed by atoms with E-state index in [2.05, 4.69) is 9.97 Å². The van der Waals surface area contributed by atoms with Crippen molar-refractivity contribution in [1.29, 1.82) is 0 Å². The van der Waals surface area contributed by atoms with Gasteiger partial charge in [0.15, 0.2) is 0 Å². The molecule has 72 valence electrons. The Balaban J connectivity index is 3.04. The van der Waals surface area contributed by atoms with Crippen LogP contribution in [0.4, 0.5) is 0 Å². The Morgan fingerprint density at radius 1 is 1.62 bits per heavy atom. The molecule has 0 saturated heterocycles. The predicted octanol–water partition coefficient (Wildman–Crippen LogP) is 0.394. The standard InChI is InChI=1S/C9H15N3O/c1-6(2)7-5-9(13)12-8(11-7)3-4-10/h5-6H,3-4,10H2,1-2H3,(H,11,12,13). The lowest BCUT2D eigenvalue weighted by Crippen LogP contribution is -2.16. The number of rotatable bonds is 3. The lowest BCUT2D eigenvalue weighted by Gasteiger charge is -2.05. The highest BCUT2D eigenvalue weighted by atomic mass is 16.1. The molecule has 1 rings (SSSR count). The SMILES string of the molecule is CC(C)c1cc(=O)[nH]c(CCN)n1. The van der Waals surface area contributed by atoms with E-state index in [1.165, 1.54) is 6.07 Å². The Morgan fingerprint density at radius 3 is 2.85 bits per heavy atom. The number of aromatic nitrogens is 2. The molecule has 0 aromatic carbocycles. The first-order valence-electron chi connectivity index (χ1n) is 4.43. The minimum atomic E-state index is -0.0952. The predicted molar refractivity (Wildman–Crippen MR) is 51.7 cm³/mol. The van der Waals surface area contributed by atoms with E-state index in [0.29, 0.717) is 18.8 Å². The van der Waals surface area contributed by atoms with Gasteiger partial charge in [-0.25, -0.2) is 4.98 Å². The first-order chi connectivity index (χ1) is 6.13. The summed E-state index contributed by atoms with van der Waals surface area (Å²) in [5.74, 6) is 0.956. The minimum absolute atomic E-state index is 0.0952. The van der Waals surface area contributed by atoms with Crippen LogP contribution in [0.3, 0.4) is 0 Å². The molecule has 0 aliphatic carbocycles. The van der Waals surface area contributed by atoms with Crippen molar-refractivity contribution in [3.63, 3.8) is 0 Å². The van der Waals surface area contributed by atoms with Crippen LogP contribution in [-0.2, 0) is 6.42 Å². The fraction of sp³-hybridized carbons (Fsp3) is 0.556. The molecule has 0 fully saturated rings. The van der Waals surface area contributed by atoms with Crippen LogP contribution in [0.25, 0.3) is 0 Å². The highest BCUT2D eigenvalue weighted by molar-refractivity contribution is 5.06. The van der Waals surface area contributed by atoms with E-state index in [1.807, 2.05) is 13.8 Å². The Hall–Kier alpha value is -1.16. The van der Waals surface area contributed by atoms with Gasteiger partial charge in [0.1, 0.15) is 5.82 Å². The molecule has 0 aliphatic rings. The zero-order chi connectivity index (χ0) is 9.84. The van der Waals surface area contributed by atoms with Crippen molar-refractivity contribution >= 4 is 0 Å². The van der Waals surface area contributed by atoms with Gasteiger partial charge in [0, 0.05) is 12.5 Å². The maximum Gasteiger partial charge on any atom is 0.251 e. The van der Waals surface area contributed by atoms with Crippen LogP contribution in [0.5, 0.6) is 0 Å². The number of hydrogen-bond donors (Lipinski definition) is 2. The molecule has 0 radical (unpaired) electrons. The van der Waals surface area contributed by atoms with Gasteiger partial charge in [0.05, 0.1) is 5.69 Å². The molecule has 0 spiro atoms. The molecular formula is C9H15N3O. The third-order valence-corrected chi connectivity index (χ3v) is 1.78. The summed E-state index contributed by atoms with van der Waals surface area (Å²) in [5.41, 5.74) is 6.11. The fourth-order valence-corrected chi connectivity index (χ4v) is 1.08. The first kappa shape index (κ1) is 9.92. The van der Waals surface area contributed by atoms with Crippen LogP contribution in [-0.4, -0.2) is 16.5 Å². The lowest BCUT2D eigenvalue weighted by molar-refractivity contribution is 0.766. The van der Waals surface area contributed by atoms with Gasteiger partial charge in [-0.3, -0.25) is 4.79 Å². The molecule has 1 aromatic heterocycles. The Labute approximate surface area is 77.2 Å². The van der Waals surface area contributed by atoms with Crippen LogP contribution in [0.15, 0.2) is 10.9 Å². The average Bonchev–Trinajstić information content (AvgIpc) is 2.03. The third-order valence-electron chi connectivity index (χ3n) is 1.78. The quantitative estimate of drug-likeness (QED) is 0.708. The Kier molecular flexibility index (Phi) is 3.19. The highest BCUT2D eigenvalue weighted by Gasteiger charge is 2.03. The maximum absolute atomic E-state index is 11.2. The summed E-state index contributed by atoms with van der Waals surface area (Å²) in [6, 6.07) is 1.53. The second-order valence-electron chi connectivity index (χ2n) is 3.31. The van der Waals surface area contributed by atoms with Gasteiger partial charge in [-0.1, -0.05) is 13.8 Å². The zero-order valence-electron chi connectivity index (χ0n) is 8.00. The van der Waals surface area contributed by atoms with Crippen molar-refractivity contribution < 1.29 is 0 Å². The molecule has 4 heteroatoms. The zero-order valence-corrected chi connectivity index (χ0v) is 8.00. The highest BCUT2D eigenvalue weighted by Crippen LogP contribution is 2.08. The summed E-state index contributed by atoms with van der Waals surface area (Å²) in [5, 5.41) is 0. The van der Waals surface area contributed by atoms with Crippen molar-refractivity contribution in [2.24, 2.45) is 5.73 Å². The summed E-state index contributed by atoms with van der Waals surface area (Å²) >= 11 is 0. The smallest absolute Gasteiger partial charge is 0.251 e. The van der Waals surface area contributed by atoms with Crippen LogP contribution in [0.2, 0.25) is 0 Å². The van der Waals surface area contributed by atoms with Crippen molar-refractivity contribution in [3.8, 4) is 0 Å². The fourth-order valence-electron chi connectivity index (χ4n) is 1.08. The molecule has 3 N–H and O–H groups in total. The summed E-state index contributed by atoms with van der Waals surface area (Å²) in [7, 11) is 0. The molecule has 0 saturated carbocycles. The lowest BCUT2D eigenvalue weighted by atomic mass is 10.1. The van der Waals surface area contributed by atoms with E-state index in [4.69, 9.17) is 5.73 Å². The van der Waals surface area contributed by atoms with E-state index in [-0.39, 0.29) is 11.5 Å². The average molecular weight is 181 g/mol. The summed E-state index contributed by atoms with van der Waals surface area (Å²) in [4.78, 5) is 18.1. The van der Waals surface area contributed by atoms with Crippen molar-refractivity contribution in [3.05, 3.63) is 27.9 Å². The Bertz CT molecular complexity index is 330. The molecule has 0 aliphatic heterocycles. The molecule has 0 atom stereocenters. The van der Waals surface area contributed by atoms with Crippen LogP contribution < -0.4 is 11.3 Å². The normalized spacial score (nSPS) is 10.8. The molecule has 13 heavy (non-hydrogen) atoms. The van der Waals surface area contributed by atoms with Gasteiger partial charge in [0.2, 0.25) is 0 Å². The number of nitrogens with one attached hydrogen (secondary N) is 1. The van der Waals surface area contributed by atoms with E-state index >= 15 is 0 Å². The number of nitrogens with zero attached hydrogens (tertiary/aromatic N) is 1. The van der Waals surface area contributed by atoms with Gasteiger partial charge in [0.25, 0.3) is 5.56 Å². The van der Waals surface area contributed by atoms with Gasteiger partial charge in [-0.15, -0.1) is 0 Å². The molecule has 0 bridgehead atoms. The number of H-pyrrole nitrogens is 1.